The summed E-state index contributed by atoms with van der Waals surface area (Å²) in [5.74, 6) is 0.552. The summed E-state index contributed by atoms with van der Waals surface area (Å²) in [4.78, 5) is 0. The van der Waals surface area contributed by atoms with Crippen molar-refractivity contribution in [2.24, 2.45) is 7.05 Å². The molecular weight excluding hydrogens is 238 g/mol. The summed E-state index contributed by atoms with van der Waals surface area (Å²) in [6, 6.07) is 7.29. The van der Waals surface area contributed by atoms with Crippen molar-refractivity contribution in [1.82, 2.24) is 9.78 Å². The van der Waals surface area contributed by atoms with E-state index in [1.807, 2.05) is 17.8 Å². The summed E-state index contributed by atoms with van der Waals surface area (Å²) in [6.45, 7) is 0.521. The van der Waals surface area contributed by atoms with Gasteiger partial charge in [-0.2, -0.15) is 5.10 Å². The zero-order chi connectivity index (χ0) is 12.3. The monoisotopic (exact) mass is 251 g/mol. The first-order valence-corrected chi connectivity index (χ1v) is 5.70. The lowest BCUT2D eigenvalue weighted by Crippen LogP contribution is -2.07. The summed E-state index contributed by atoms with van der Waals surface area (Å²) in [5.41, 5.74) is 7.45. The summed E-state index contributed by atoms with van der Waals surface area (Å²) in [7, 11) is 1.90. The third kappa shape index (κ3) is 2.71. The van der Waals surface area contributed by atoms with Gasteiger partial charge < -0.3 is 10.5 Å². The molecule has 0 atom stereocenters. The van der Waals surface area contributed by atoms with E-state index in [9.17, 15) is 0 Å². The quantitative estimate of drug-likeness (QED) is 0.849. The van der Waals surface area contributed by atoms with E-state index in [0.717, 1.165) is 12.1 Å². The number of nitrogen functional groups attached to an aromatic ring is 1. The van der Waals surface area contributed by atoms with Crippen LogP contribution in [0, 0.1) is 0 Å². The van der Waals surface area contributed by atoms with Gasteiger partial charge >= 0.3 is 0 Å². The van der Waals surface area contributed by atoms with Gasteiger partial charge in [0.1, 0.15) is 0 Å². The number of halogens is 1. The van der Waals surface area contributed by atoms with E-state index in [1.54, 1.807) is 24.4 Å². The average molecular weight is 252 g/mol. The van der Waals surface area contributed by atoms with Crippen LogP contribution in [0.25, 0.3) is 0 Å². The van der Waals surface area contributed by atoms with Crippen LogP contribution in [-0.2, 0) is 13.5 Å². The molecule has 5 heteroatoms. The minimum atomic E-state index is 0.521. The van der Waals surface area contributed by atoms with Crippen molar-refractivity contribution >= 4 is 17.3 Å². The van der Waals surface area contributed by atoms with Gasteiger partial charge in [0.05, 0.1) is 17.3 Å². The Hall–Kier alpha value is -1.68. The normalized spacial score (nSPS) is 10.5. The molecule has 4 nitrogen and oxygen atoms in total. The van der Waals surface area contributed by atoms with Crippen LogP contribution in [0.3, 0.4) is 0 Å². The Morgan fingerprint density at radius 2 is 2.24 bits per heavy atom. The Labute approximate surface area is 105 Å². The van der Waals surface area contributed by atoms with Crippen molar-refractivity contribution in [2.45, 2.75) is 6.42 Å². The van der Waals surface area contributed by atoms with Crippen LogP contribution in [0.1, 0.15) is 5.69 Å². The van der Waals surface area contributed by atoms with Crippen LogP contribution >= 0.6 is 11.6 Å². The number of hydrogen-bond donors (Lipinski definition) is 1. The van der Waals surface area contributed by atoms with E-state index in [2.05, 4.69) is 5.10 Å². The van der Waals surface area contributed by atoms with Gasteiger partial charge in [0.15, 0.2) is 5.75 Å². The highest BCUT2D eigenvalue weighted by atomic mass is 35.5. The molecule has 0 saturated heterocycles. The summed E-state index contributed by atoms with van der Waals surface area (Å²) >= 11 is 6.00. The number of nitrogens with zero attached hydrogens (tertiary/aromatic N) is 2. The molecule has 1 aromatic carbocycles. The van der Waals surface area contributed by atoms with Crippen molar-refractivity contribution in [1.29, 1.82) is 0 Å². The molecule has 1 aromatic heterocycles. The molecule has 2 rings (SSSR count). The molecule has 1 heterocycles. The van der Waals surface area contributed by atoms with E-state index in [-0.39, 0.29) is 0 Å². The lowest BCUT2D eigenvalue weighted by molar-refractivity contribution is 0.320. The second kappa shape index (κ2) is 5.10. The Morgan fingerprint density at radius 3 is 2.88 bits per heavy atom. The van der Waals surface area contributed by atoms with E-state index in [0.29, 0.717) is 23.1 Å². The maximum Gasteiger partial charge on any atom is 0.160 e. The molecule has 0 aliphatic rings. The Bertz CT molecular complexity index is 490. The molecule has 0 bridgehead atoms. The van der Waals surface area contributed by atoms with Gasteiger partial charge in [-0.1, -0.05) is 17.7 Å². The van der Waals surface area contributed by atoms with E-state index >= 15 is 0 Å². The van der Waals surface area contributed by atoms with Gasteiger partial charge in [-0.25, -0.2) is 0 Å². The minimum absolute atomic E-state index is 0.521. The maximum atomic E-state index is 6.00. The average Bonchev–Trinajstić information content (AvgIpc) is 2.69. The third-order valence-corrected chi connectivity index (χ3v) is 2.82. The van der Waals surface area contributed by atoms with Crippen LogP contribution in [0.2, 0.25) is 5.02 Å². The molecule has 0 amide bonds. The highest BCUT2D eigenvalue weighted by molar-refractivity contribution is 6.32. The number of rotatable bonds is 4. The third-order valence-electron chi connectivity index (χ3n) is 2.52. The minimum Gasteiger partial charge on any atom is -0.489 e. The summed E-state index contributed by atoms with van der Waals surface area (Å²) in [6.07, 6.45) is 2.53. The first kappa shape index (κ1) is 11.8. The summed E-state index contributed by atoms with van der Waals surface area (Å²) in [5, 5.41) is 4.62. The number of benzene rings is 1. The van der Waals surface area contributed by atoms with Crippen LogP contribution < -0.4 is 10.5 Å². The molecule has 90 valence electrons. The SMILES string of the molecule is Cn1nccc1CCOc1c(N)cccc1Cl. The van der Waals surface area contributed by atoms with Crippen molar-refractivity contribution in [2.75, 3.05) is 12.3 Å². The fourth-order valence-corrected chi connectivity index (χ4v) is 1.82. The fourth-order valence-electron chi connectivity index (χ4n) is 1.58. The molecule has 0 aliphatic carbocycles. The van der Waals surface area contributed by atoms with Crippen molar-refractivity contribution in [3.8, 4) is 5.75 Å². The second-order valence-electron chi connectivity index (χ2n) is 3.70. The number of ether oxygens (including phenoxy) is 1. The van der Waals surface area contributed by atoms with Gasteiger partial charge in [0, 0.05) is 25.4 Å². The lowest BCUT2D eigenvalue weighted by Gasteiger charge is -2.10. The molecular formula is C12H14ClN3O. The first-order valence-electron chi connectivity index (χ1n) is 5.32. The smallest absolute Gasteiger partial charge is 0.160 e. The maximum absolute atomic E-state index is 6.00. The van der Waals surface area contributed by atoms with Crippen molar-refractivity contribution < 1.29 is 4.74 Å². The van der Waals surface area contributed by atoms with Crippen LogP contribution in [0.5, 0.6) is 5.75 Å². The van der Waals surface area contributed by atoms with Gasteiger partial charge in [-0.15, -0.1) is 0 Å². The molecule has 0 radical (unpaired) electrons. The van der Waals surface area contributed by atoms with Crippen molar-refractivity contribution in [3.63, 3.8) is 0 Å². The number of anilines is 1. The van der Waals surface area contributed by atoms with E-state index in [1.165, 1.54) is 0 Å². The Morgan fingerprint density at radius 1 is 1.41 bits per heavy atom. The molecule has 0 aliphatic heterocycles. The molecule has 0 unspecified atom stereocenters. The summed E-state index contributed by atoms with van der Waals surface area (Å²) < 4.78 is 7.42. The van der Waals surface area contributed by atoms with Crippen LogP contribution in [-0.4, -0.2) is 16.4 Å². The van der Waals surface area contributed by atoms with Crippen molar-refractivity contribution in [3.05, 3.63) is 41.2 Å². The van der Waals surface area contributed by atoms with Crippen LogP contribution in [0.4, 0.5) is 5.69 Å². The molecule has 0 fully saturated rings. The highest BCUT2D eigenvalue weighted by Crippen LogP contribution is 2.30. The Balaban J connectivity index is 1.97. The molecule has 0 saturated carbocycles. The molecule has 2 N–H and O–H groups in total. The highest BCUT2D eigenvalue weighted by Gasteiger charge is 2.06. The largest absolute Gasteiger partial charge is 0.489 e. The zero-order valence-electron chi connectivity index (χ0n) is 9.56. The number of hydrogen-bond acceptors (Lipinski definition) is 3. The van der Waals surface area contributed by atoms with Gasteiger partial charge in [0.2, 0.25) is 0 Å². The number of aromatic nitrogens is 2. The van der Waals surface area contributed by atoms with E-state index < -0.39 is 0 Å². The second-order valence-corrected chi connectivity index (χ2v) is 4.11. The van der Waals surface area contributed by atoms with E-state index in [4.69, 9.17) is 22.1 Å². The van der Waals surface area contributed by atoms with Gasteiger partial charge in [-0.3, -0.25) is 4.68 Å². The first-order chi connectivity index (χ1) is 8.18. The fraction of sp³-hybridized carbons (Fsp3) is 0.250. The Kier molecular flexibility index (Phi) is 3.54. The van der Waals surface area contributed by atoms with Gasteiger partial charge in [0.25, 0.3) is 0 Å². The molecule has 2 aromatic rings. The standard InChI is InChI=1S/C12H14ClN3O/c1-16-9(5-7-15-16)6-8-17-12-10(13)3-2-4-11(12)14/h2-5,7H,6,8,14H2,1H3. The predicted molar refractivity (Wildman–Crippen MR) is 68.3 cm³/mol. The number of aryl methyl sites for hydroxylation is 1. The van der Waals surface area contributed by atoms with Gasteiger partial charge in [-0.05, 0) is 18.2 Å². The lowest BCUT2D eigenvalue weighted by atomic mass is 10.3. The zero-order valence-corrected chi connectivity index (χ0v) is 10.3. The number of nitrogens with two attached hydrogens (primary N) is 1. The predicted octanol–water partition coefficient (Wildman–Crippen LogP) is 2.28. The molecule has 17 heavy (non-hydrogen) atoms. The topological polar surface area (TPSA) is 53.1 Å². The number of para-hydroxylation sites is 1. The molecule has 0 spiro atoms. The van der Waals surface area contributed by atoms with Crippen LogP contribution in [0.15, 0.2) is 30.5 Å².